The molecule has 2 heterocycles. The molecule has 25 heavy (non-hydrogen) atoms. The highest BCUT2D eigenvalue weighted by Crippen LogP contribution is 2.30. The first-order chi connectivity index (χ1) is 12.1. The van der Waals surface area contributed by atoms with E-state index in [1.165, 1.54) is 11.1 Å². The lowest BCUT2D eigenvalue weighted by atomic mass is 9.95. The number of anilines is 1. The Labute approximate surface area is 150 Å². The molecule has 4 heteroatoms. The molecule has 3 rings (SSSR count). The van der Waals surface area contributed by atoms with E-state index in [-0.39, 0.29) is 17.9 Å². The Balaban J connectivity index is 1.79. The number of pyridine rings is 1. The number of benzene rings is 1. The maximum Gasteiger partial charge on any atom is 0.225 e. The summed E-state index contributed by atoms with van der Waals surface area (Å²) in [4.78, 5) is 19.7. The Hall–Kier alpha value is -2.10. The van der Waals surface area contributed by atoms with Gasteiger partial charge in [0.15, 0.2) is 0 Å². The van der Waals surface area contributed by atoms with Crippen LogP contribution in [0.5, 0.6) is 0 Å². The Morgan fingerprint density at radius 3 is 3.00 bits per heavy atom. The van der Waals surface area contributed by atoms with Gasteiger partial charge in [-0.15, -0.1) is 0 Å². The molecule has 1 amide bonds. The minimum absolute atomic E-state index is 0.0697. The standard InChI is InChI=1S/C21H29N3O/c1-4-8-15(2)23-21(25)17-9-7-12-24(14-17)20-13-16(3)22-19-11-6-5-10-18(19)20/h5-6,10-11,13,15,17H,4,7-9,12,14H2,1-3H3,(H,23,25). The molecule has 0 bridgehead atoms. The molecule has 4 nitrogen and oxygen atoms in total. The van der Waals surface area contributed by atoms with Crippen LogP contribution in [0.15, 0.2) is 30.3 Å². The third kappa shape index (κ3) is 4.12. The highest BCUT2D eigenvalue weighted by Gasteiger charge is 2.27. The molecular weight excluding hydrogens is 310 g/mol. The van der Waals surface area contributed by atoms with Crippen LogP contribution in [0.2, 0.25) is 0 Å². The number of hydrogen-bond acceptors (Lipinski definition) is 3. The Morgan fingerprint density at radius 2 is 2.20 bits per heavy atom. The Morgan fingerprint density at radius 1 is 1.40 bits per heavy atom. The molecular formula is C21H29N3O. The van der Waals surface area contributed by atoms with Crippen LogP contribution in [0.25, 0.3) is 10.9 Å². The van der Waals surface area contributed by atoms with Crippen LogP contribution in [0.4, 0.5) is 5.69 Å². The summed E-state index contributed by atoms with van der Waals surface area (Å²) in [6.45, 7) is 8.08. The van der Waals surface area contributed by atoms with E-state index in [0.29, 0.717) is 0 Å². The average Bonchev–Trinajstić information content (AvgIpc) is 2.61. The van der Waals surface area contributed by atoms with Gasteiger partial charge in [0.05, 0.1) is 11.4 Å². The summed E-state index contributed by atoms with van der Waals surface area (Å²) in [6, 6.07) is 10.7. The van der Waals surface area contributed by atoms with Crippen molar-refractivity contribution in [3.05, 3.63) is 36.0 Å². The van der Waals surface area contributed by atoms with Crippen LogP contribution in [0.1, 0.15) is 45.2 Å². The normalized spacial score (nSPS) is 19.0. The van der Waals surface area contributed by atoms with Gasteiger partial charge in [-0.05, 0) is 45.2 Å². The number of aromatic nitrogens is 1. The van der Waals surface area contributed by atoms with Gasteiger partial charge in [-0.2, -0.15) is 0 Å². The third-order valence-electron chi connectivity index (χ3n) is 5.07. The van der Waals surface area contributed by atoms with E-state index in [1.54, 1.807) is 0 Å². The molecule has 1 aliphatic rings. The fourth-order valence-corrected chi connectivity index (χ4v) is 3.82. The lowest BCUT2D eigenvalue weighted by Crippen LogP contribution is -2.45. The van der Waals surface area contributed by atoms with Gasteiger partial charge in [0, 0.05) is 35.9 Å². The average molecular weight is 339 g/mol. The van der Waals surface area contributed by atoms with Crippen LogP contribution < -0.4 is 10.2 Å². The summed E-state index contributed by atoms with van der Waals surface area (Å²) in [5, 5.41) is 4.37. The highest BCUT2D eigenvalue weighted by molar-refractivity contribution is 5.92. The van der Waals surface area contributed by atoms with Crippen LogP contribution >= 0.6 is 0 Å². The van der Waals surface area contributed by atoms with E-state index in [4.69, 9.17) is 0 Å². The van der Waals surface area contributed by atoms with Crippen molar-refractivity contribution >= 4 is 22.5 Å². The van der Waals surface area contributed by atoms with Crippen molar-refractivity contribution in [3.8, 4) is 0 Å². The monoisotopic (exact) mass is 339 g/mol. The zero-order chi connectivity index (χ0) is 17.8. The van der Waals surface area contributed by atoms with Gasteiger partial charge in [-0.1, -0.05) is 31.5 Å². The second-order valence-corrected chi connectivity index (χ2v) is 7.28. The molecule has 0 spiro atoms. The molecule has 1 aromatic heterocycles. The minimum atomic E-state index is 0.0697. The van der Waals surface area contributed by atoms with Crippen LogP contribution in [-0.2, 0) is 4.79 Å². The highest BCUT2D eigenvalue weighted by atomic mass is 16.2. The van der Waals surface area contributed by atoms with Crippen molar-refractivity contribution in [2.75, 3.05) is 18.0 Å². The first-order valence-electron chi connectivity index (χ1n) is 9.50. The number of carbonyl (C=O) groups excluding carboxylic acids is 1. The van der Waals surface area contributed by atoms with Crippen molar-refractivity contribution in [3.63, 3.8) is 0 Å². The third-order valence-corrected chi connectivity index (χ3v) is 5.07. The van der Waals surface area contributed by atoms with E-state index in [9.17, 15) is 4.79 Å². The zero-order valence-corrected chi connectivity index (χ0v) is 15.6. The second kappa shape index (κ2) is 7.85. The van der Waals surface area contributed by atoms with Crippen LogP contribution in [-0.4, -0.2) is 30.0 Å². The number of para-hydroxylation sites is 1. The van der Waals surface area contributed by atoms with E-state index >= 15 is 0 Å². The van der Waals surface area contributed by atoms with E-state index < -0.39 is 0 Å². The van der Waals surface area contributed by atoms with Crippen molar-refractivity contribution < 1.29 is 4.79 Å². The molecule has 134 valence electrons. The maximum absolute atomic E-state index is 12.6. The molecule has 1 saturated heterocycles. The summed E-state index contributed by atoms with van der Waals surface area (Å²) in [5.74, 6) is 0.279. The topological polar surface area (TPSA) is 45.2 Å². The summed E-state index contributed by atoms with van der Waals surface area (Å²) in [6.07, 6.45) is 4.16. The predicted octanol–water partition coefficient (Wildman–Crippen LogP) is 4.06. The number of rotatable bonds is 5. The van der Waals surface area contributed by atoms with Crippen molar-refractivity contribution in [2.24, 2.45) is 5.92 Å². The van der Waals surface area contributed by atoms with E-state index in [0.717, 1.165) is 50.0 Å². The zero-order valence-electron chi connectivity index (χ0n) is 15.6. The summed E-state index contributed by atoms with van der Waals surface area (Å²) < 4.78 is 0. The number of aryl methyl sites for hydroxylation is 1. The smallest absolute Gasteiger partial charge is 0.225 e. The largest absolute Gasteiger partial charge is 0.370 e. The molecule has 0 saturated carbocycles. The summed E-state index contributed by atoms with van der Waals surface area (Å²) in [7, 11) is 0. The SMILES string of the molecule is CCCC(C)NC(=O)C1CCCN(c2cc(C)nc3ccccc23)C1. The van der Waals surface area contributed by atoms with Gasteiger partial charge < -0.3 is 10.2 Å². The number of piperidine rings is 1. The van der Waals surface area contributed by atoms with Gasteiger partial charge in [-0.25, -0.2) is 0 Å². The lowest BCUT2D eigenvalue weighted by molar-refractivity contribution is -0.125. The number of fused-ring (bicyclic) bond motifs is 1. The van der Waals surface area contributed by atoms with Gasteiger partial charge in [0.2, 0.25) is 5.91 Å². The maximum atomic E-state index is 12.6. The van der Waals surface area contributed by atoms with E-state index in [1.807, 2.05) is 13.0 Å². The summed E-state index contributed by atoms with van der Waals surface area (Å²) >= 11 is 0. The molecule has 1 fully saturated rings. The first-order valence-corrected chi connectivity index (χ1v) is 9.50. The predicted molar refractivity (Wildman–Crippen MR) is 104 cm³/mol. The van der Waals surface area contributed by atoms with Gasteiger partial charge in [-0.3, -0.25) is 9.78 Å². The molecule has 0 radical (unpaired) electrons. The quantitative estimate of drug-likeness (QED) is 0.893. The Kier molecular flexibility index (Phi) is 5.57. The van der Waals surface area contributed by atoms with E-state index in [2.05, 4.69) is 53.3 Å². The molecule has 2 aromatic rings. The van der Waals surface area contributed by atoms with Crippen LogP contribution in [0, 0.1) is 12.8 Å². The molecule has 2 atom stereocenters. The van der Waals surface area contributed by atoms with Crippen molar-refractivity contribution in [2.45, 2.75) is 52.5 Å². The number of nitrogens with one attached hydrogen (secondary N) is 1. The van der Waals surface area contributed by atoms with Gasteiger partial charge >= 0.3 is 0 Å². The van der Waals surface area contributed by atoms with Gasteiger partial charge in [0.1, 0.15) is 0 Å². The number of hydrogen-bond donors (Lipinski definition) is 1. The lowest BCUT2D eigenvalue weighted by Gasteiger charge is -2.35. The number of nitrogens with zero attached hydrogens (tertiary/aromatic N) is 2. The van der Waals surface area contributed by atoms with Gasteiger partial charge in [0.25, 0.3) is 0 Å². The van der Waals surface area contributed by atoms with Crippen molar-refractivity contribution in [1.29, 1.82) is 0 Å². The second-order valence-electron chi connectivity index (χ2n) is 7.28. The summed E-state index contributed by atoms with van der Waals surface area (Å²) in [5.41, 5.74) is 3.26. The molecule has 0 aliphatic carbocycles. The first kappa shape index (κ1) is 17.7. The number of carbonyl (C=O) groups is 1. The fourth-order valence-electron chi connectivity index (χ4n) is 3.82. The number of amides is 1. The molecule has 1 aliphatic heterocycles. The molecule has 2 unspecified atom stereocenters. The molecule has 1 N–H and O–H groups in total. The van der Waals surface area contributed by atoms with Crippen molar-refractivity contribution in [1.82, 2.24) is 10.3 Å². The Bertz CT molecular complexity index is 743. The van der Waals surface area contributed by atoms with Crippen LogP contribution in [0.3, 0.4) is 0 Å². The minimum Gasteiger partial charge on any atom is -0.370 e. The fraction of sp³-hybridized carbons (Fsp3) is 0.524. The molecule has 1 aromatic carbocycles.